The molecule has 3 nitrogen and oxygen atoms in total. The molecule has 3 heterocycles. The second kappa shape index (κ2) is 7.52. The van der Waals surface area contributed by atoms with Gasteiger partial charge in [0.15, 0.2) is 0 Å². The minimum absolute atomic E-state index is 0.212. The molecule has 0 radical (unpaired) electrons. The van der Waals surface area contributed by atoms with Gasteiger partial charge in [-0.05, 0) is 0 Å². The minimum atomic E-state index is -2.36. The fourth-order valence-corrected chi connectivity index (χ4v) is 12.9. The monoisotopic (exact) mass is 591 g/mol. The van der Waals surface area contributed by atoms with Crippen molar-refractivity contribution in [2.24, 2.45) is 0 Å². The molecule has 0 bridgehead atoms. The molecule has 0 amide bonds. The molecular formula is C27H25BrN3Sb. The van der Waals surface area contributed by atoms with Crippen molar-refractivity contribution in [1.29, 1.82) is 0 Å². The van der Waals surface area contributed by atoms with E-state index in [9.17, 15) is 0 Å². The van der Waals surface area contributed by atoms with Crippen molar-refractivity contribution >= 4 is 58.8 Å². The molecule has 32 heavy (non-hydrogen) atoms. The fourth-order valence-electron chi connectivity index (χ4n) is 5.41. The first-order valence-electron chi connectivity index (χ1n) is 10.9. The number of fused-ring (bicyclic) bond motifs is 6. The van der Waals surface area contributed by atoms with Crippen LogP contribution < -0.4 is 0 Å². The Labute approximate surface area is 205 Å². The number of halogens is 1. The number of aromatic nitrogens is 2. The van der Waals surface area contributed by atoms with E-state index >= 15 is 0 Å². The maximum absolute atomic E-state index is 3.64. The first kappa shape index (κ1) is 20.6. The molecule has 5 heteroatoms. The van der Waals surface area contributed by atoms with Gasteiger partial charge in [0.05, 0.1) is 0 Å². The Kier molecular flexibility index (Phi) is 4.84. The summed E-state index contributed by atoms with van der Waals surface area (Å²) < 4.78 is 9.14. The third-order valence-electron chi connectivity index (χ3n) is 6.76. The molecule has 0 fully saturated rings. The zero-order valence-corrected chi connectivity index (χ0v) is 22.8. The molecule has 0 aliphatic carbocycles. The second-order valence-corrected chi connectivity index (χ2v) is 15.8. The summed E-state index contributed by atoms with van der Waals surface area (Å²) in [6.45, 7) is 4.64. The Bertz CT molecular complexity index is 1410. The van der Waals surface area contributed by atoms with Crippen LogP contribution in [-0.4, -0.2) is 43.6 Å². The SMILES string of the molecule is Cc1c2[n](c3ccccc13)[Sb]([N](C)C)[n]1c(c(C)c3ccccc31)C2c1ccc(Br)cc1. The molecule has 0 saturated carbocycles. The Morgan fingerprint density at radius 1 is 0.719 bits per heavy atom. The summed E-state index contributed by atoms with van der Waals surface area (Å²) in [5.41, 5.74) is 9.89. The number of nitrogens with zero attached hydrogens (tertiary/aromatic N) is 3. The van der Waals surface area contributed by atoms with Gasteiger partial charge in [0.25, 0.3) is 0 Å². The van der Waals surface area contributed by atoms with Crippen molar-refractivity contribution in [3.8, 4) is 0 Å². The molecule has 5 aromatic rings. The van der Waals surface area contributed by atoms with Gasteiger partial charge in [0.1, 0.15) is 0 Å². The maximum atomic E-state index is 3.64. The van der Waals surface area contributed by atoms with Crippen LogP contribution >= 0.6 is 15.9 Å². The van der Waals surface area contributed by atoms with Gasteiger partial charge in [-0.2, -0.15) is 0 Å². The van der Waals surface area contributed by atoms with Gasteiger partial charge in [-0.15, -0.1) is 0 Å². The van der Waals surface area contributed by atoms with E-state index in [1.807, 2.05) is 0 Å². The molecule has 160 valence electrons. The van der Waals surface area contributed by atoms with Gasteiger partial charge in [-0.1, -0.05) is 0 Å². The number of hydrogen-bond acceptors (Lipinski definition) is 1. The summed E-state index contributed by atoms with van der Waals surface area (Å²) in [6.07, 6.45) is 0. The summed E-state index contributed by atoms with van der Waals surface area (Å²) in [5.74, 6) is 0.212. The van der Waals surface area contributed by atoms with Crippen LogP contribution in [-0.2, 0) is 0 Å². The van der Waals surface area contributed by atoms with Crippen molar-refractivity contribution < 1.29 is 0 Å². The predicted octanol–water partition coefficient (Wildman–Crippen LogP) is 6.41. The summed E-state index contributed by atoms with van der Waals surface area (Å²) >= 11 is 1.28. The predicted molar refractivity (Wildman–Crippen MR) is 139 cm³/mol. The Morgan fingerprint density at radius 2 is 1.19 bits per heavy atom. The fraction of sp³-hybridized carbons (Fsp3) is 0.185. The van der Waals surface area contributed by atoms with E-state index in [1.54, 1.807) is 0 Å². The van der Waals surface area contributed by atoms with Crippen molar-refractivity contribution in [2.45, 2.75) is 19.8 Å². The van der Waals surface area contributed by atoms with E-state index in [1.165, 1.54) is 49.9 Å². The average molecular weight is 593 g/mol. The van der Waals surface area contributed by atoms with E-state index in [2.05, 4.69) is 125 Å². The molecule has 3 aromatic carbocycles. The molecule has 1 aliphatic rings. The second-order valence-electron chi connectivity index (χ2n) is 8.78. The van der Waals surface area contributed by atoms with Gasteiger partial charge in [0.2, 0.25) is 0 Å². The third kappa shape index (κ3) is 2.76. The zero-order chi connectivity index (χ0) is 22.1. The van der Waals surface area contributed by atoms with Gasteiger partial charge < -0.3 is 0 Å². The van der Waals surface area contributed by atoms with E-state index in [-0.39, 0.29) is 5.92 Å². The molecular weight excluding hydrogens is 568 g/mol. The summed E-state index contributed by atoms with van der Waals surface area (Å²) in [5, 5.41) is 2.77. The molecule has 0 unspecified atom stereocenters. The van der Waals surface area contributed by atoms with Crippen LogP contribution in [0, 0.1) is 13.8 Å². The van der Waals surface area contributed by atoms with Crippen LogP contribution in [0.1, 0.15) is 34.0 Å². The molecule has 0 spiro atoms. The van der Waals surface area contributed by atoms with Crippen LogP contribution in [0.5, 0.6) is 0 Å². The quantitative estimate of drug-likeness (QED) is 0.216. The topological polar surface area (TPSA) is 13.1 Å². The molecule has 0 atom stereocenters. The Morgan fingerprint density at radius 3 is 1.66 bits per heavy atom. The van der Waals surface area contributed by atoms with Crippen LogP contribution in [0.25, 0.3) is 21.8 Å². The van der Waals surface area contributed by atoms with Crippen LogP contribution in [0.3, 0.4) is 0 Å². The summed E-state index contributed by atoms with van der Waals surface area (Å²) in [6, 6.07) is 26.9. The van der Waals surface area contributed by atoms with Crippen LogP contribution in [0.4, 0.5) is 0 Å². The molecule has 0 saturated heterocycles. The molecule has 1 aliphatic heterocycles. The number of hydrogen-bond donors (Lipinski definition) is 0. The van der Waals surface area contributed by atoms with E-state index in [0.29, 0.717) is 0 Å². The van der Waals surface area contributed by atoms with Gasteiger partial charge in [-0.25, -0.2) is 0 Å². The summed E-state index contributed by atoms with van der Waals surface area (Å²) in [4.78, 5) is 0. The van der Waals surface area contributed by atoms with Crippen molar-refractivity contribution in [1.82, 2.24) is 8.51 Å². The molecule has 2 aromatic heterocycles. The standard InChI is InChI=1S/C25H19BrN2.C2H6N.Sb/c1-15-19-7-3-5-9-21(19)27-24(15)23(17-11-13-18(26)14-12-17)25-16(2)20-8-4-6-10-22(20)28-25;1-3-2;/h3-14,23H,1-2H3;1-2H3;/q-2;-1;+3. The first-order chi connectivity index (χ1) is 15.5. The number of benzene rings is 3. The van der Waals surface area contributed by atoms with Gasteiger partial charge in [-0.3, -0.25) is 0 Å². The van der Waals surface area contributed by atoms with Gasteiger partial charge >= 0.3 is 206 Å². The first-order valence-corrected chi connectivity index (χ1v) is 15.1. The van der Waals surface area contributed by atoms with Crippen molar-refractivity contribution in [3.63, 3.8) is 0 Å². The molecule has 0 N–H and O–H groups in total. The van der Waals surface area contributed by atoms with Crippen molar-refractivity contribution in [3.05, 3.63) is 105 Å². The average Bonchev–Trinajstić information content (AvgIpc) is 3.26. The Balaban J connectivity index is 1.81. The van der Waals surface area contributed by atoms with Crippen LogP contribution in [0.15, 0.2) is 77.3 Å². The normalized spacial score (nSPS) is 14.4. The van der Waals surface area contributed by atoms with Crippen LogP contribution in [0.2, 0.25) is 0 Å². The van der Waals surface area contributed by atoms with Gasteiger partial charge in [0, 0.05) is 0 Å². The number of para-hydroxylation sites is 2. The zero-order valence-electron chi connectivity index (χ0n) is 18.7. The van der Waals surface area contributed by atoms with E-state index in [4.69, 9.17) is 0 Å². The van der Waals surface area contributed by atoms with E-state index in [0.717, 1.165) is 4.47 Å². The molecule has 6 rings (SSSR count). The summed E-state index contributed by atoms with van der Waals surface area (Å²) in [7, 11) is 4.54. The number of aryl methyl sites for hydroxylation is 2. The Hall–Kier alpha value is -2.00. The van der Waals surface area contributed by atoms with E-state index < -0.39 is 21.0 Å². The van der Waals surface area contributed by atoms with Crippen molar-refractivity contribution in [2.75, 3.05) is 14.1 Å². The third-order valence-corrected chi connectivity index (χ3v) is 13.8. The number of rotatable bonds is 2.